The molecule has 98 valence electrons. The predicted octanol–water partition coefficient (Wildman–Crippen LogP) is 2.81. The summed E-state index contributed by atoms with van der Waals surface area (Å²) in [4.78, 5) is 11.2. The minimum absolute atomic E-state index is 0.157. The molecule has 0 radical (unpaired) electrons. The van der Waals surface area contributed by atoms with Crippen molar-refractivity contribution in [2.75, 3.05) is 11.1 Å². The van der Waals surface area contributed by atoms with Gasteiger partial charge in [0.2, 0.25) is 0 Å². The van der Waals surface area contributed by atoms with Gasteiger partial charge in [-0.15, -0.1) is 0 Å². The molecule has 4 N–H and O–H groups in total. The fourth-order valence-corrected chi connectivity index (χ4v) is 2.58. The van der Waals surface area contributed by atoms with E-state index in [1.807, 2.05) is 0 Å². The Hall–Kier alpha value is -1.71. The Morgan fingerprint density at radius 3 is 2.28 bits per heavy atom. The first-order valence-electron chi connectivity index (χ1n) is 6.07. The van der Waals surface area contributed by atoms with E-state index < -0.39 is 5.97 Å². The molecule has 1 aromatic rings. The maximum Gasteiger partial charge on any atom is 0.337 e. The van der Waals surface area contributed by atoms with Crippen LogP contribution in [0.15, 0.2) is 18.2 Å². The summed E-state index contributed by atoms with van der Waals surface area (Å²) in [5, 5.41) is 12.5. The largest absolute Gasteiger partial charge is 0.478 e. The number of carboxylic acids is 1. The molecule has 0 aromatic heterocycles. The van der Waals surface area contributed by atoms with E-state index in [0.29, 0.717) is 11.4 Å². The monoisotopic (exact) mass is 248 g/mol. The van der Waals surface area contributed by atoms with E-state index in [-0.39, 0.29) is 22.4 Å². The lowest BCUT2D eigenvalue weighted by Crippen LogP contribution is -2.13. The molecule has 0 amide bonds. The lowest BCUT2D eigenvalue weighted by atomic mass is 10.0. The first-order valence-corrected chi connectivity index (χ1v) is 6.07. The number of hydrogen-bond donors (Lipinski definition) is 3. The Balaban J connectivity index is 2.29. The Kier molecular flexibility index (Phi) is 2.58. The van der Waals surface area contributed by atoms with Crippen LogP contribution in [0.3, 0.4) is 0 Å². The first-order chi connectivity index (χ1) is 8.18. The Labute approximate surface area is 107 Å². The van der Waals surface area contributed by atoms with Gasteiger partial charge in [0, 0.05) is 17.4 Å². The second kappa shape index (κ2) is 3.64. The fourth-order valence-electron chi connectivity index (χ4n) is 2.58. The summed E-state index contributed by atoms with van der Waals surface area (Å²) in [6, 6.07) is 5.22. The second-order valence-corrected chi connectivity index (χ2v) is 6.13. The third kappa shape index (κ3) is 1.72. The third-order valence-electron chi connectivity index (χ3n) is 4.59. The van der Waals surface area contributed by atoms with Gasteiger partial charge >= 0.3 is 5.97 Å². The molecule has 4 heteroatoms. The Morgan fingerprint density at radius 1 is 1.28 bits per heavy atom. The Bertz CT molecular complexity index is 493. The highest BCUT2D eigenvalue weighted by Crippen LogP contribution is 2.63. The number of nitrogens with one attached hydrogen (secondary N) is 1. The molecular formula is C14H20N2O2. The van der Waals surface area contributed by atoms with E-state index in [4.69, 9.17) is 5.73 Å². The summed E-state index contributed by atoms with van der Waals surface area (Å²) < 4.78 is 0. The zero-order valence-electron chi connectivity index (χ0n) is 11.2. The molecule has 0 aliphatic heterocycles. The molecule has 0 bridgehead atoms. The quantitative estimate of drug-likeness (QED) is 0.719. The SMILES string of the molecule is CC1(C)C(Nc2ccc(N)cc2C(=O)O)C1(C)C. The van der Waals surface area contributed by atoms with Crippen LogP contribution in [0.2, 0.25) is 0 Å². The zero-order chi connectivity index (χ0) is 13.7. The fraction of sp³-hybridized carbons (Fsp3) is 0.500. The van der Waals surface area contributed by atoms with Crippen LogP contribution >= 0.6 is 0 Å². The van der Waals surface area contributed by atoms with Crippen molar-refractivity contribution in [3.63, 3.8) is 0 Å². The van der Waals surface area contributed by atoms with Crippen molar-refractivity contribution < 1.29 is 9.90 Å². The van der Waals surface area contributed by atoms with Crippen LogP contribution in [0, 0.1) is 10.8 Å². The van der Waals surface area contributed by atoms with Gasteiger partial charge in [0.05, 0.1) is 5.56 Å². The standard InChI is InChI=1S/C14H20N2O2/c1-13(2)12(14(13,3)4)16-10-6-5-8(15)7-9(10)11(17)18/h5-7,12,16H,15H2,1-4H3,(H,17,18). The van der Waals surface area contributed by atoms with Gasteiger partial charge in [-0.3, -0.25) is 0 Å². The number of benzene rings is 1. The highest BCUT2D eigenvalue weighted by molar-refractivity contribution is 5.95. The molecule has 1 aliphatic rings. The average molecular weight is 248 g/mol. The highest BCUT2D eigenvalue weighted by Gasteiger charge is 2.65. The van der Waals surface area contributed by atoms with Gasteiger partial charge in [-0.25, -0.2) is 4.79 Å². The van der Waals surface area contributed by atoms with Gasteiger partial charge in [-0.1, -0.05) is 27.7 Å². The van der Waals surface area contributed by atoms with Crippen molar-refractivity contribution in [3.8, 4) is 0 Å². The van der Waals surface area contributed by atoms with E-state index in [0.717, 1.165) is 0 Å². The molecule has 0 heterocycles. The van der Waals surface area contributed by atoms with Crippen LogP contribution < -0.4 is 11.1 Å². The number of aromatic carboxylic acids is 1. The van der Waals surface area contributed by atoms with E-state index in [1.54, 1.807) is 12.1 Å². The van der Waals surface area contributed by atoms with Crippen LogP contribution in [-0.2, 0) is 0 Å². The third-order valence-corrected chi connectivity index (χ3v) is 4.59. The second-order valence-electron chi connectivity index (χ2n) is 6.13. The lowest BCUT2D eigenvalue weighted by Gasteiger charge is -2.12. The highest BCUT2D eigenvalue weighted by atomic mass is 16.4. The van der Waals surface area contributed by atoms with E-state index in [1.165, 1.54) is 6.07 Å². The summed E-state index contributed by atoms with van der Waals surface area (Å²) in [7, 11) is 0. The van der Waals surface area contributed by atoms with Crippen molar-refractivity contribution in [3.05, 3.63) is 23.8 Å². The van der Waals surface area contributed by atoms with Crippen LogP contribution in [0.4, 0.5) is 11.4 Å². The topological polar surface area (TPSA) is 75.3 Å². The summed E-state index contributed by atoms with van der Waals surface area (Å²) in [6.45, 7) is 8.73. The molecule has 0 unspecified atom stereocenters. The summed E-state index contributed by atoms with van der Waals surface area (Å²) in [6.07, 6.45) is 0. The van der Waals surface area contributed by atoms with Gasteiger partial charge in [-0.2, -0.15) is 0 Å². The normalized spacial score (nSPS) is 20.4. The molecule has 1 saturated carbocycles. The molecule has 0 spiro atoms. The van der Waals surface area contributed by atoms with Crippen LogP contribution in [0.5, 0.6) is 0 Å². The average Bonchev–Trinajstić information content (AvgIpc) is 2.62. The minimum atomic E-state index is -0.957. The number of hydrogen-bond acceptors (Lipinski definition) is 3. The van der Waals surface area contributed by atoms with Gasteiger partial charge in [0.15, 0.2) is 0 Å². The molecule has 1 fully saturated rings. The number of anilines is 2. The van der Waals surface area contributed by atoms with Crippen LogP contribution in [0.25, 0.3) is 0 Å². The molecule has 1 aromatic carbocycles. The van der Waals surface area contributed by atoms with Crippen molar-refractivity contribution >= 4 is 17.3 Å². The number of nitrogens with two attached hydrogens (primary N) is 1. The number of nitrogen functional groups attached to an aromatic ring is 1. The summed E-state index contributed by atoms with van der Waals surface area (Å²) in [5.74, 6) is -0.957. The van der Waals surface area contributed by atoms with Crippen molar-refractivity contribution in [1.82, 2.24) is 0 Å². The van der Waals surface area contributed by atoms with E-state index in [9.17, 15) is 9.90 Å². The summed E-state index contributed by atoms with van der Waals surface area (Å²) >= 11 is 0. The van der Waals surface area contributed by atoms with Crippen LogP contribution in [0.1, 0.15) is 38.1 Å². The Morgan fingerprint density at radius 2 is 1.83 bits per heavy atom. The zero-order valence-corrected chi connectivity index (χ0v) is 11.2. The molecule has 1 aliphatic carbocycles. The molecule has 0 atom stereocenters. The van der Waals surface area contributed by atoms with E-state index >= 15 is 0 Å². The lowest BCUT2D eigenvalue weighted by molar-refractivity contribution is 0.0698. The molecule has 0 saturated heterocycles. The van der Waals surface area contributed by atoms with E-state index in [2.05, 4.69) is 33.0 Å². The van der Waals surface area contributed by atoms with Crippen molar-refractivity contribution in [2.24, 2.45) is 10.8 Å². The van der Waals surface area contributed by atoms with Crippen LogP contribution in [-0.4, -0.2) is 17.1 Å². The smallest absolute Gasteiger partial charge is 0.337 e. The van der Waals surface area contributed by atoms with Gasteiger partial charge in [0.1, 0.15) is 0 Å². The minimum Gasteiger partial charge on any atom is -0.478 e. The van der Waals surface area contributed by atoms with Gasteiger partial charge in [-0.05, 0) is 29.0 Å². The van der Waals surface area contributed by atoms with Crippen molar-refractivity contribution in [2.45, 2.75) is 33.7 Å². The first kappa shape index (κ1) is 12.7. The number of rotatable bonds is 3. The predicted molar refractivity (Wildman–Crippen MR) is 72.8 cm³/mol. The summed E-state index contributed by atoms with van der Waals surface area (Å²) in [5.41, 5.74) is 7.28. The molecule has 4 nitrogen and oxygen atoms in total. The maximum atomic E-state index is 11.2. The number of carboxylic acid groups (broad SMARTS) is 1. The van der Waals surface area contributed by atoms with Gasteiger partial charge in [0.25, 0.3) is 0 Å². The van der Waals surface area contributed by atoms with Crippen molar-refractivity contribution in [1.29, 1.82) is 0 Å². The maximum absolute atomic E-state index is 11.2. The molecular weight excluding hydrogens is 228 g/mol. The molecule has 18 heavy (non-hydrogen) atoms. The molecule has 2 rings (SSSR count). The van der Waals surface area contributed by atoms with Gasteiger partial charge < -0.3 is 16.2 Å². The number of carbonyl (C=O) groups is 1.